The van der Waals surface area contributed by atoms with Crippen LogP contribution in [0.25, 0.3) is 11.8 Å². The summed E-state index contributed by atoms with van der Waals surface area (Å²) in [6, 6.07) is 8.15. The Morgan fingerprint density at radius 3 is 2.76 bits per heavy atom. The number of carbonyl (C=O) groups excluding carboxylic acids is 1. The molecule has 0 radical (unpaired) electrons. The van der Waals surface area contributed by atoms with Crippen LogP contribution < -0.4 is 0 Å². The molecule has 7 unspecified atom stereocenters. The maximum Gasteiger partial charge on any atom is 0.306 e. The number of allylic oxidation sites excluding steroid dienone is 1. The zero-order valence-corrected chi connectivity index (χ0v) is 25.3. The lowest BCUT2D eigenvalue weighted by Gasteiger charge is -2.65. The van der Waals surface area contributed by atoms with Crippen LogP contribution in [-0.4, -0.2) is 37.4 Å². The van der Waals surface area contributed by atoms with E-state index < -0.39 is 22.0 Å². The summed E-state index contributed by atoms with van der Waals surface area (Å²) >= 11 is 11.4. The Morgan fingerprint density at radius 2 is 2.05 bits per heavy atom. The van der Waals surface area contributed by atoms with Gasteiger partial charge in [0, 0.05) is 27.9 Å². The highest BCUT2D eigenvalue weighted by molar-refractivity contribution is 9.10. The van der Waals surface area contributed by atoms with Crippen molar-refractivity contribution in [2.24, 2.45) is 28.6 Å². The summed E-state index contributed by atoms with van der Waals surface area (Å²) in [6.45, 7) is 10.6. The third-order valence-corrected chi connectivity index (χ3v) is 12.7. The molecule has 0 aliphatic heterocycles. The van der Waals surface area contributed by atoms with Gasteiger partial charge in [-0.15, -0.1) is 11.6 Å². The highest BCUT2D eigenvalue weighted by Gasteiger charge is 2.73. The fourth-order valence-electron chi connectivity index (χ4n) is 8.85. The maximum atomic E-state index is 12.5. The van der Waals surface area contributed by atoms with E-state index >= 15 is 0 Å². The summed E-state index contributed by atoms with van der Waals surface area (Å²) < 4.78 is 9.17. The number of alkyl halides is 1. The summed E-state index contributed by atoms with van der Waals surface area (Å²) in [5.74, 6) is 0.440. The highest BCUT2D eigenvalue weighted by Crippen LogP contribution is 2.72. The van der Waals surface area contributed by atoms with Crippen LogP contribution in [0.5, 0.6) is 0 Å². The van der Waals surface area contributed by atoms with Crippen molar-refractivity contribution in [3.8, 4) is 5.69 Å². The van der Waals surface area contributed by atoms with Gasteiger partial charge in [-0.3, -0.25) is 4.79 Å². The van der Waals surface area contributed by atoms with E-state index in [1.165, 1.54) is 11.1 Å². The van der Waals surface area contributed by atoms with Crippen molar-refractivity contribution in [3.63, 3.8) is 0 Å². The quantitative estimate of drug-likeness (QED) is 0.301. The van der Waals surface area contributed by atoms with E-state index in [1.54, 1.807) is 0 Å². The molecule has 0 saturated heterocycles. The van der Waals surface area contributed by atoms with Gasteiger partial charge in [-0.2, -0.15) is 5.10 Å². The molecule has 1 N–H and O–H groups in total. The molecule has 4 aliphatic rings. The zero-order chi connectivity index (χ0) is 27.3. The molecule has 38 heavy (non-hydrogen) atoms. The molecular formula is C31H38BrClN2O3. The Balaban J connectivity index is 1.38. The van der Waals surface area contributed by atoms with E-state index in [0.29, 0.717) is 12.8 Å². The van der Waals surface area contributed by atoms with E-state index in [1.807, 2.05) is 23.7 Å². The summed E-state index contributed by atoms with van der Waals surface area (Å²) in [4.78, 5) is 11.7. The van der Waals surface area contributed by atoms with Gasteiger partial charge in [0.2, 0.25) is 0 Å². The van der Waals surface area contributed by atoms with Gasteiger partial charge in [-0.05, 0) is 86.6 Å². The minimum absolute atomic E-state index is 0.131. The van der Waals surface area contributed by atoms with Gasteiger partial charge in [0.25, 0.3) is 0 Å². The zero-order valence-electron chi connectivity index (χ0n) is 22.9. The number of nitrogens with zero attached hydrogens (tertiary/aromatic N) is 2. The number of hydrogen-bond acceptors (Lipinski definition) is 4. The van der Waals surface area contributed by atoms with Gasteiger partial charge in [-0.1, -0.05) is 55.3 Å². The molecule has 0 amide bonds. The van der Waals surface area contributed by atoms with Gasteiger partial charge < -0.3 is 9.84 Å². The molecule has 204 valence electrons. The molecule has 2 aromatic rings. The fraction of sp³-hybridized carbons (Fsp3) is 0.613. The number of aliphatic hydroxyl groups is 1. The predicted octanol–water partition coefficient (Wildman–Crippen LogP) is 7.11. The molecule has 3 saturated carbocycles. The normalized spacial score (nSPS) is 41.4. The van der Waals surface area contributed by atoms with Crippen molar-refractivity contribution in [2.45, 2.75) is 89.7 Å². The monoisotopic (exact) mass is 600 g/mol. The van der Waals surface area contributed by atoms with Crippen molar-refractivity contribution in [2.75, 3.05) is 0 Å². The standard InChI is InChI=1S/C31H38BrClN2O3/c1-6-27(37)38-30(5)18(2)12-24-23-11-10-20-13-25-19(17-35(34-25)22-9-7-8-21(32)14-22)15-28(20,3)31(23,33)26(36)16-29(24,30)4/h7-9,13-14,17-18,23-24,26,36H,6,10-12,15-16H2,1-5H3/t18?,23?,24?,26?,28?,29?,30-,31?/m1/s1. The topological polar surface area (TPSA) is 64.3 Å². The fourth-order valence-corrected chi connectivity index (χ4v) is 9.77. The number of halogens is 2. The molecule has 6 rings (SSSR count). The van der Waals surface area contributed by atoms with Crippen molar-refractivity contribution < 1.29 is 14.6 Å². The number of aliphatic hydroxyl groups excluding tert-OH is 1. The third-order valence-electron chi connectivity index (χ3n) is 11.3. The van der Waals surface area contributed by atoms with Crippen molar-refractivity contribution >= 4 is 39.6 Å². The molecular weight excluding hydrogens is 564 g/mol. The van der Waals surface area contributed by atoms with E-state index in [4.69, 9.17) is 21.4 Å². The van der Waals surface area contributed by atoms with Gasteiger partial charge in [0.15, 0.2) is 0 Å². The Kier molecular flexibility index (Phi) is 6.07. The van der Waals surface area contributed by atoms with Gasteiger partial charge in [0.1, 0.15) is 5.60 Å². The summed E-state index contributed by atoms with van der Waals surface area (Å²) in [6.07, 6.45) is 8.11. The number of rotatable bonds is 3. The molecule has 1 heterocycles. The minimum Gasteiger partial charge on any atom is -0.458 e. The summed E-state index contributed by atoms with van der Waals surface area (Å²) in [5.41, 5.74) is 3.13. The van der Waals surface area contributed by atoms with Gasteiger partial charge in [0.05, 0.1) is 22.4 Å². The summed E-state index contributed by atoms with van der Waals surface area (Å²) in [5, 5.41) is 17.0. The lowest BCUT2D eigenvalue weighted by Crippen LogP contribution is -2.68. The number of fused-ring (bicyclic) bond motifs is 6. The van der Waals surface area contributed by atoms with E-state index in [0.717, 1.165) is 41.5 Å². The Hall–Kier alpha value is -1.63. The first-order chi connectivity index (χ1) is 17.9. The first-order valence-corrected chi connectivity index (χ1v) is 15.2. The minimum atomic E-state index is -0.795. The average molecular weight is 602 g/mol. The molecule has 7 heteroatoms. The molecule has 1 aromatic heterocycles. The van der Waals surface area contributed by atoms with Crippen LogP contribution in [0.4, 0.5) is 0 Å². The Bertz CT molecular complexity index is 1340. The van der Waals surface area contributed by atoms with Crippen LogP contribution >= 0.6 is 27.5 Å². The Labute approximate surface area is 239 Å². The summed E-state index contributed by atoms with van der Waals surface area (Å²) in [7, 11) is 0. The second kappa shape index (κ2) is 8.68. The number of benzene rings is 1. The van der Waals surface area contributed by atoms with Crippen LogP contribution in [0.3, 0.4) is 0 Å². The molecule has 1 aromatic carbocycles. The molecule has 0 bridgehead atoms. The maximum absolute atomic E-state index is 12.5. The number of ether oxygens (including phenoxy) is 1. The van der Waals surface area contributed by atoms with Crippen LogP contribution in [0.15, 0.2) is 40.5 Å². The van der Waals surface area contributed by atoms with Gasteiger partial charge >= 0.3 is 5.97 Å². The molecule has 5 nitrogen and oxygen atoms in total. The van der Waals surface area contributed by atoms with Crippen LogP contribution in [0.2, 0.25) is 0 Å². The third kappa shape index (κ3) is 3.38. The van der Waals surface area contributed by atoms with Crippen molar-refractivity contribution in [1.82, 2.24) is 9.78 Å². The number of aromatic nitrogens is 2. The van der Waals surface area contributed by atoms with E-state index in [2.05, 4.69) is 68.0 Å². The van der Waals surface area contributed by atoms with Crippen LogP contribution in [0, 0.1) is 28.6 Å². The smallest absolute Gasteiger partial charge is 0.306 e. The first-order valence-electron chi connectivity index (χ1n) is 14.0. The first kappa shape index (κ1) is 26.6. The molecule has 8 atom stereocenters. The SMILES string of the molecule is CCC(=O)O[C@]1(C)C(C)CC2C3CCC4=Cc5nn(-c6cccc(Br)c6)cc5CC4(C)C3(Cl)C(O)CC21C. The molecule has 0 spiro atoms. The molecule has 3 fully saturated rings. The largest absolute Gasteiger partial charge is 0.458 e. The van der Waals surface area contributed by atoms with E-state index in [-0.39, 0.29) is 29.1 Å². The second-order valence-electron chi connectivity index (χ2n) is 12.9. The Morgan fingerprint density at radius 1 is 1.29 bits per heavy atom. The van der Waals surface area contributed by atoms with Crippen molar-refractivity contribution in [3.05, 3.63) is 51.8 Å². The second-order valence-corrected chi connectivity index (χ2v) is 14.4. The lowest BCUT2D eigenvalue weighted by molar-refractivity contribution is -0.195. The highest BCUT2D eigenvalue weighted by atomic mass is 79.9. The van der Waals surface area contributed by atoms with Crippen LogP contribution in [-0.2, 0) is 16.0 Å². The van der Waals surface area contributed by atoms with Crippen LogP contribution in [0.1, 0.15) is 78.0 Å². The predicted molar refractivity (Wildman–Crippen MR) is 153 cm³/mol. The number of esters is 1. The van der Waals surface area contributed by atoms with Gasteiger partial charge in [-0.25, -0.2) is 4.68 Å². The lowest BCUT2D eigenvalue weighted by atomic mass is 9.45. The van der Waals surface area contributed by atoms with E-state index in [9.17, 15) is 9.90 Å². The average Bonchev–Trinajstić information content (AvgIpc) is 3.35. The number of carbonyl (C=O) groups is 1. The number of hydrogen-bond donors (Lipinski definition) is 1. The molecule has 4 aliphatic carbocycles. The van der Waals surface area contributed by atoms with Crippen molar-refractivity contribution in [1.29, 1.82) is 0 Å².